The summed E-state index contributed by atoms with van der Waals surface area (Å²) in [6, 6.07) is 5.93. The number of carbonyl (C=O) groups is 1. The number of hydrogen-bond acceptors (Lipinski definition) is 5. The molecule has 0 saturated carbocycles. The van der Waals surface area contributed by atoms with Gasteiger partial charge in [-0.15, -0.1) is 10.2 Å². The van der Waals surface area contributed by atoms with E-state index in [1.807, 2.05) is 0 Å². The van der Waals surface area contributed by atoms with E-state index < -0.39 is 27.6 Å². The minimum absolute atomic E-state index is 0.0930. The molecule has 0 bridgehead atoms. The van der Waals surface area contributed by atoms with Crippen molar-refractivity contribution < 1.29 is 22.2 Å². The maximum Gasteiger partial charge on any atom is 0.451 e. The zero-order chi connectivity index (χ0) is 18.8. The smallest absolute Gasteiger partial charge is 0.302 e. The van der Waals surface area contributed by atoms with Crippen molar-refractivity contribution in [2.45, 2.75) is 16.2 Å². The molecule has 1 aromatic carbocycles. The van der Waals surface area contributed by atoms with Crippen LogP contribution in [0.3, 0.4) is 0 Å². The SMILES string of the molecule is C=S(=O)(NC(=O)CSc1nnc(C(F)(F)F)n1C)c1ccc(Cl)cc1. The summed E-state index contributed by atoms with van der Waals surface area (Å²) >= 11 is 6.47. The Bertz CT molecular complexity index is 880. The number of alkyl halides is 3. The molecule has 1 heterocycles. The zero-order valence-electron chi connectivity index (χ0n) is 12.7. The summed E-state index contributed by atoms with van der Waals surface area (Å²) in [6.45, 7) is 0. The average Bonchev–Trinajstić information content (AvgIpc) is 2.86. The Kier molecular flexibility index (Phi) is 5.69. The number of hydrogen-bond donors (Lipinski definition) is 1. The second kappa shape index (κ2) is 7.26. The molecule has 0 radical (unpaired) electrons. The molecule has 1 N–H and O–H groups in total. The minimum atomic E-state index is -4.64. The molecular formula is C13H12ClF3N4O2S2. The van der Waals surface area contributed by atoms with Crippen molar-refractivity contribution in [3.8, 4) is 0 Å². The van der Waals surface area contributed by atoms with Gasteiger partial charge in [0.15, 0.2) is 5.16 Å². The molecule has 0 aliphatic heterocycles. The van der Waals surface area contributed by atoms with E-state index in [0.717, 1.165) is 23.4 Å². The van der Waals surface area contributed by atoms with Crippen molar-refractivity contribution in [1.29, 1.82) is 0 Å². The van der Waals surface area contributed by atoms with Gasteiger partial charge in [-0.1, -0.05) is 23.4 Å². The fourth-order valence-electron chi connectivity index (χ4n) is 1.74. The quantitative estimate of drug-likeness (QED) is 0.602. The fourth-order valence-corrected chi connectivity index (χ4v) is 3.81. The normalized spacial score (nSPS) is 14.1. The third-order valence-electron chi connectivity index (χ3n) is 2.89. The second-order valence-corrected chi connectivity index (χ2v) is 8.21. The van der Waals surface area contributed by atoms with Crippen LogP contribution in [0.1, 0.15) is 5.82 Å². The van der Waals surface area contributed by atoms with Crippen molar-refractivity contribution in [3.63, 3.8) is 0 Å². The molecule has 136 valence electrons. The van der Waals surface area contributed by atoms with Gasteiger partial charge in [-0.05, 0) is 30.1 Å². The molecule has 25 heavy (non-hydrogen) atoms. The lowest BCUT2D eigenvalue weighted by atomic mass is 10.4. The van der Waals surface area contributed by atoms with Crippen molar-refractivity contribution in [2.75, 3.05) is 5.75 Å². The molecule has 0 spiro atoms. The number of halogens is 4. The molecule has 2 aromatic rings. The maximum atomic E-state index is 12.6. The van der Waals surface area contributed by atoms with Gasteiger partial charge in [0.05, 0.1) is 15.5 Å². The highest BCUT2D eigenvalue weighted by molar-refractivity contribution is 8.00. The Balaban J connectivity index is 2.02. The number of aromatic nitrogens is 3. The average molecular weight is 413 g/mol. The van der Waals surface area contributed by atoms with Crippen LogP contribution >= 0.6 is 23.4 Å². The molecule has 0 aliphatic carbocycles. The number of carbonyl (C=O) groups excluding carboxylic acids is 1. The summed E-state index contributed by atoms with van der Waals surface area (Å²) in [5.74, 6) is 1.34. The van der Waals surface area contributed by atoms with Crippen molar-refractivity contribution in [3.05, 3.63) is 35.1 Å². The standard InChI is InChI=1S/C13H12ClF3N4O2S2/c1-21-11(13(15,16)17)18-19-12(21)24-7-10(22)20-25(2,23)9-5-3-8(14)4-6-9/h3-6H,2,7H2,1H3,(H,20,22,23). The first kappa shape index (κ1) is 19.6. The Hall–Kier alpha value is -1.72. The van der Waals surface area contributed by atoms with Gasteiger partial charge in [0, 0.05) is 17.0 Å². The van der Waals surface area contributed by atoms with E-state index in [0.29, 0.717) is 5.02 Å². The van der Waals surface area contributed by atoms with Gasteiger partial charge in [-0.3, -0.25) is 9.52 Å². The van der Waals surface area contributed by atoms with Crippen LogP contribution in [0.5, 0.6) is 0 Å². The summed E-state index contributed by atoms with van der Waals surface area (Å²) in [5, 5.41) is 6.78. The highest BCUT2D eigenvalue weighted by Crippen LogP contribution is 2.29. The van der Waals surface area contributed by atoms with Crippen LogP contribution in [0, 0.1) is 0 Å². The largest absolute Gasteiger partial charge is 0.451 e. The highest BCUT2D eigenvalue weighted by Gasteiger charge is 2.37. The molecule has 1 aromatic heterocycles. The molecule has 2 rings (SSSR count). The fraction of sp³-hybridized carbons (Fsp3) is 0.231. The maximum absolute atomic E-state index is 12.6. The number of nitrogens with one attached hydrogen (secondary N) is 1. The summed E-state index contributed by atoms with van der Waals surface area (Å²) in [6.07, 6.45) is -4.64. The number of nitrogens with zero attached hydrogens (tertiary/aromatic N) is 3. The van der Waals surface area contributed by atoms with E-state index in [-0.39, 0.29) is 15.8 Å². The van der Waals surface area contributed by atoms with Crippen LogP contribution in [-0.4, -0.2) is 36.5 Å². The van der Waals surface area contributed by atoms with E-state index in [4.69, 9.17) is 11.6 Å². The van der Waals surface area contributed by atoms with E-state index in [2.05, 4.69) is 20.8 Å². The van der Waals surface area contributed by atoms with Gasteiger partial charge in [0.2, 0.25) is 11.7 Å². The van der Waals surface area contributed by atoms with Crippen LogP contribution < -0.4 is 4.72 Å². The topological polar surface area (TPSA) is 76.9 Å². The monoisotopic (exact) mass is 412 g/mol. The van der Waals surface area contributed by atoms with Crippen molar-refractivity contribution in [1.82, 2.24) is 19.5 Å². The van der Waals surface area contributed by atoms with Gasteiger partial charge >= 0.3 is 6.18 Å². The van der Waals surface area contributed by atoms with E-state index in [9.17, 15) is 22.2 Å². The van der Waals surface area contributed by atoms with E-state index in [1.165, 1.54) is 24.3 Å². The lowest BCUT2D eigenvalue weighted by Crippen LogP contribution is -2.31. The molecule has 1 unspecified atom stereocenters. The van der Waals surface area contributed by atoms with E-state index in [1.54, 1.807) is 0 Å². The van der Waals surface area contributed by atoms with Gasteiger partial charge in [0.1, 0.15) is 0 Å². The summed E-state index contributed by atoms with van der Waals surface area (Å²) in [7, 11) is -1.96. The predicted octanol–water partition coefficient (Wildman–Crippen LogP) is 2.39. The van der Waals surface area contributed by atoms with Gasteiger partial charge in [0.25, 0.3) is 0 Å². The third-order valence-corrected chi connectivity index (χ3v) is 5.76. The van der Waals surface area contributed by atoms with Crippen molar-refractivity contribution >= 4 is 44.8 Å². The Labute approximate surface area is 150 Å². The minimum Gasteiger partial charge on any atom is -0.302 e. The molecule has 1 atom stereocenters. The third kappa shape index (κ3) is 4.89. The summed E-state index contributed by atoms with van der Waals surface area (Å²) in [4.78, 5) is 12.2. The molecule has 1 amide bonds. The molecule has 6 nitrogen and oxygen atoms in total. The highest BCUT2D eigenvalue weighted by atomic mass is 35.5. The van der Waals surface area contributed by atoms with Gasteiger partial charge in [-0.25, -0.2) is 4.21 Å². The number of thioether (sulfide) groups is 1. The number of rotatable bonds is 5. The summed E-state index contributed by atoms with van der Waals surface area (Å²) < 4.78 is 53.3. The Morgan fingerprint density at radius 3 is 2.48 bits per heavy atom. The van der Waals surface area contributed by atoms with Crippen LogP contribution in [0.4, 0.5) is 13.2 Å². The van der Waals surface area contributed by atoms with Gasteiger partial charge in [-0.2, -0.15) is 13.2 Å². The first-order valence-corrected chi connectivity index (χ1v) is 9.62. The Morgan fingerprint density at radius 1 is 1.36 bits per heavy atom. The Morgan fingerprint density at radius 2 is 1.96 bits per heavy atom. The molecular weight excluding hydrogens is 401 g/mol. The van der Waals surface area contributed by atoms with Crippen LogP contribution in [0.2, 0.25) is 5.02 Å². The second-order valence-electron chi connectivity index (χ2n) is 4.81. The lowest BCUT2D eigenvalue weighted by Gasteiger charge is -2.11. The van der Waals surface area contributed by atoms with Gasteiger partial charge < -0.3 is 4.57 Å². The molecule has 0 aliphatic rings. The summed E-state index contributed by atoms with van der Waals surface area (Å²) in [5.41, 5.74) is 0. The van der Waals surface area contributed by atoms with E-state index >= 15 is 0 Å². The van der Waals surface area contributed by atoms with Crippen LogP contribution in [0.25, 0.3) is 0 Å². The first-order chi connectivity index (χ1) is 11.5. The predicted molar refractivity (Wildman–Crippen MR) is 89.9 cm³/mol. The van der Waals surface area contributed by atoms with Crippen LogP contribution in [-0.2, 0) is 27.7 Å². The molecule has 12 heteroatoms. The zero-order valence-corrected chi connectivity index (χ0v) is 15.1. The molecule has 0 fully saturated rings. The first-order valence-electron chi connectivity index (χ1n) is 6.53. The number of amides is 1. The molecule has 0 saturated heterocycles. The number of benzene rings is 1. The lowest BCUT2D eigenvalue weighted by molar-refractivity contribution is -0.147. The van der Waals surface area contributed by atoms with Crippen LogP contribution in [0.15, 0.2) is 34.3 Å². The van der Waals surface area contributed by atoms with Crippen molar-refractivity contribution in [2.24, 2.45) is 7.05 Å².